The number of nitrogens with zero attached hydrogens (tertiary/aromatic N) is 3. The van der Waals surface area contributed by atoms with Gasteiger partial charge in [-0.25, -0.2) is 4.79 Å². The Kier molecular flexibility index (Phi) is 2.46. The second kappa shape index (κ2) is 3.77. The molecular weight excluding hydrogens is 264 g/mol. The molecule has 76 valence electrons. The predicted octanol–water partition coefficient (Wildman–Crippen LogP) is 1.33. The molecule has 7 heteroatoms. The minimum atomic E-state index is -0.977. The molecule has 0 radical (unpaired) electrons. The fraction of sp³-hybridized carbons (Fsp3) is 0. The highest BCUT2D eigenvalue weighted by Gasteiger charge is 2.10. The number of halogens is 1. The third kappa shape index (κ3) is 1.86. The predicted molar refractivity (Wildman–Crippen MR) is 54.3 cm³/mol. The molecule has 0 bridgehead atoms. The fourth-order valence-electron chi connectivity index (χ4n) is 1.11. The van der Waals surface area contributed by atoms with E-state index in [1.54, 1.807) is 6.07 Å². The van der Waals surface area contributed by atoms with Crippen molar-refractivity contribution in [1.29, 1.82) is 0 Å². The zero-order valence-electron chi connectivity index (χ0n) is 7.31. The van der Waals surface area contributed by atoms with E-state index in [2.05, 4.69) is 36.6 Å². The first kappa shape index (κ1) is 9.78. The zero-order valence-corrected chi connectivity index (χ0v) is 8.89. The van der Waals surface area contributed by atoms with Crippen molar-refractivity contribution < 1.29 is 9.90 Å². The minimum absolute atomic E-state index is 0.203. The van der Waals surface area contributed by atoms with Crippen molar-refractivity contribution in [2.75, 3.05) is 0 Å². The van der Waals surface area contributed by atoms with E-state index >= 15 is 0 Å². The van der Waals surface area contributed by atoms with E-state index in [0.717, 1.165) is 0 Å². The average Bonchev–Trinajstić information content (AvgIpc) is 2.70. The van der Waals surface area contributed by atoms with Crippen molar-refractivity contribution in [3.8, 4) is 11.4 Å². The van der Waals surface area contributed by atoms with Gasteiger partial charge in [0.1, 0.15) is 0 Å². The Morgan fingerprint density at radius 1 is 1.47 bits per heavy atom. The Labute approximate surface area is 92.5 Å². The van der Waals surface area contributed by atoms with E-state index in [1.807, 2.05) is 0 Å². The fourth-order valence-corrected chi connectivity index (χ4v) is 1.66. The summed E-state index contributed by atoms with van der Waals surface area (Å²) in [5.74, 6) is -0.561. The monoisotopic (exact) mass is 268 g/mol. The summed E-state index contributed by atoms with van der Waals surface area (Å²) in [6.07, 6.45) is 0. The first-order valence-electron chi connectivity index (χ1n) is 3.95. The van der Waals surface area contributed by atoms with E-state index < -0.39 is 5.97 Å². The van der Waals surface area contributed by atoms with Crippen LogP contribution in [0.1, 0.15) is 10.4 Å². The Morgan fingerprint density at radius 2 is 2.27 bits per heavy atom. The number of H-pyrrole nitrogens is 1. The minimum Gasteiger partial charge on any atom is -0.478 e. The summed E-state index contributed by atoms with van der Waals surface area (Å²) in [5, 5.41) is 22.1. The summed E-state index contributed by atoms with van der Waals surface area (Å²) in [6, 6.07) is 4.60. The molecule has 2 N–H and O–H groups in total. The largest absolute Gasteiger partial charge is 0.478 e. The topological polar surface area (TPSA) is 91.8 Å². The van der Waals surface area contributed by atoms with E-state index in [1.165, 1.54) is 12.1 Å². The maximum Gasteiger partial charge on any atom is 0.335 e. The van der Waals surface area contributed by atoms with Crippen LogP contribution in [0, 0.1) is 0 Å². The lowest BCUT2D eigenvalue weighted by atomic mass is 10.1. The Bertz CT molecular complexity index is 497. The van der Waals surface area contributed by atoms with Crippen LogP contribution in [0.3, 0.4) is 0 Å². The maximum atomic E-state index is 10.7. The summed E-state index contributed by atoms with van der Waals surface area (Å²) in [4.78, 5) is 10.7. The molecule has 1 aromatic carbocycles. The van der Waals surface area contributed by atoms with E-state index in [9.17, 15) is 4.79 Å². The summed E-state index contributed by atoms with van der Waals surface area (Å²) >= 11 is 3.25. The normalized spacial score (nSPS) is 10.2. The van der Waals surface area contributed by atoms with Crippen molar-refractivity contribution in [2.45, 2.75) is 0 Å². The number of hydrogen-bond donors (Lipinski definition) is 2. The van der Waals surface area contributed by atoms with Gasteiger partial charge in [0.25, 0.3) is 0 Å². The van der Waals surface area contributed by atoms with Gasteiger partial charge in [0, 0.05) is 10.0 Å². The molecular formula is C8H5BrN4O2. The van der Waals surface area contributed by atoms with Gasteiger partial charge in [0.2, 0.25) is 5.82 Å². The average molecular weight is 269 g/mol. The second-order valence-corrected chi connectivity index (χ2v) is 3.59. The van der Waals surface area contributed by atoms with Gasteiger partial charge in [-0.05, 0) is 23.4 Å². The molecule has 0 amide bonds. The van der Waals surface area contributed by atoms with Crippen LogP contribution >= 0.6 is 15.9 Å². The SMILES string of the molecule is O=C(O)c1ccc(-c2nn[nH]n2)c(Br)c1. The van der Waals surface area contributed by atoms with E-state index in [0.29, 0.717) is 15.9 Å². The van der Waals surface area contributed by atoms with Gasteiger partial charge < -0.3 is 5.11 Å². The molecule has 1 heterocycles. The number of nitrogens with one attached hydrogen (secondary N) is 1. The third-order valence-electron chi connectivity index (χ3n) is 1.80. The van der Waals surface area contributed by atoms with Gasteiger partial charge in [0.05, 0.1) is 5.56 Å². The Hall–Kier alpha value is -1.76. The van der Waals surface area contributed by atoms with Gasteiger partial charge in [0.15, 0.2) is 0 Å². The molecule has 0 fully saturated rings. The van der Waals surface area contributed by atoms with Crippen molar-refractivity contribution in [1.82, 2.24) is 20.6 Å². The smallest absolute Gasteiger partial charge is 0.335 e. The molecule has 0 saturated carbocycles. The van der Waals surface area contributed by atoms with Crippen molar-refractivity contribution in [2.24, 2.45) is 0 Å². The number of aromatic amines is 1. The first-order valence-corrected chi connectivity index (χ1v) is 4.74. The lowest BCUT2D eigenvalue weighted by Crippen LogP contribution is -1.96. The van der Waals surface area contributed by atoms with Crippen molar-refractivity contribution >= 4 is 21.9 Å². The Morgan fingerprint density at radius 3 is 2.80 bits per heavy atom. The lowest BCUT2D eigenvalue weighted by molar-refractivity contribution is 0.0697. The quantitative estimate of drug-likeness (QED) is 0.857. The molecule has 0 aliphatic carbocycles. The molecule has 2 rings (SSSR count). The molecule has 0 atom stereocenters. The van der Waals surface area contributed by atoms with Gasteiger partial charge >= 0.3 is 5.97 Å². The summed E-state index contributed by atoms with van der Waals surface area (Å²) in [7, 11) is 0. The molecule has 0 spiro atoms. The highest BCUT2D eigenvalue weighted by Crippen LogP contribution is 2.25. The zero-order chi connectivity index (χ0) is 10.8. The summed E-state index contributed by atoms with van der Waals surface area (Å²) in [5.41, 5.74) is 0.892. The molecule has 15 heavy (non-hydrogen) atoms. The number of carbonyl (C=O) groups is 1. The van der Waals surface area contributed by atoms with Crippen LogP contribution in [0.15, 0.2) is 22.7 Å². The highest BCUT2D eigenvalue weighted by molar-refractivity contribution is 9.10. The first-order chi connectivity index (χ1) is 7.18. The number of hydrogen-bond acceptors (Lipinski definition) is 4. The van der Waals surface area contributed by atoms with E-state index in [-0.39, 0.29) is 5.56 Å². The number of carboxylic acid groups (broad SMARTS) is 1. The van der Waals surface area contributed by atoms with Gasteiger partial charge in [-0.1, -0.05) is 15.9 Å². The third-order valence-corrected chi connectivity index (χ3v) is 2.46. The second-order valence-electron chi connectivity index (χ2n) is 2.74. The molecule has 0 aliphatic rings. The van der Waals surface area contributed by atoms with E-state index in [4.69, 9.17) is 5.11 Å². The molecule has 0 aliphatic heterocycles. The van der Waals surface area contributed by atoms with Crippen molar-refractivity contribution in [3.05, 3.63) is 28.2 Å². The standard InChI is InChI=1S/C8H5BrN4O2/c9-6-3-4(8(14)15)1-2-5(6)7-10-12-13-11-7/h1-3H,(H,14,15)(H,10,11,12,13). The number of benzene rings is 1. The van der Waals surface area contributed by atoms with Crippen LogP contribution in [0.25, 0.3) is 11.4 Å². The number of carboxylic acids is 1. The Balaban J connectivity index is 2.48. The molecule has 0 unspecified atom stereocenters. The number of aromatic nitrogens is 4. The molecule has 6 nitrogen and oxygen atoms in total. The van der Waals surface area contributed by atoms with Crippen molar-refractivity contribution in [3.63, 3.8) is 0 Å². The van der Waals surface area contributed by atoms with Crippen LogP contribution in [-0.4, -0.2) is 31.7 Å². The highest BCUT2D eigenvalue weighted by atomic mass is 79.9. The number of aromatic carboxylic acids is 1. The molecule has 2 aromatic rings. The lowest BCUT2D eigenvalue weighted by Gasteiger charge is -2.00. The van der Waals surface area contributed by atoms with Crippen LogP contribution in [0.5, 0.6) is 0 Å². The van der Waals surface area contributed by atoms with Gasteiger partial charge in [-0.2, -0.15) is 5.21 Å². The molecule has 0 saturated heterocycles. The summed E-state index contributed by atoms with van der Waals surface area (Å²) in [6.45, 7) is 0. The van der Waals surface area contributed by atoms with Gasteiger partial charge in [-0.3, -0.25) is 0 Å². The summed E-state index contributed by atoms with van der Waals surface area (Å²) < 4.78 is 0.615. The van der Waals surface area contributed by atoms with Gasteiger partial charge in [-0.15, -0.1) is 10.2 Å². The molecule has 1 aromatic heterocycles. The maximum absolute atomic E-state index is 10.7. The number of tetrazole rings is 1. The number of rotatable bonds is 2. The van der Waals surface area contributed by atoms with Crippen LogP contribution in [-0.2, 0) is 0 Å². The van der Waals surface area contributed by atoms with Crippen LogP contribution in [0.2, 0.25) is 0 Å². The van der Waals surface area contributed by atoms with Crippen LogP contribution in [0.4, 0.5) is 0 Å². The van der Waals surface area contributed by atoms with Crippen LogP contribution < -0.4 is 0 Å².